The maximum Gasteiger partial charge on any atom is 0.291 e. The van der Waals surface area contributed by atoms with Crippen LogP contribution < -0.4 is 5.32 Å². The predicted molar refractivity (Wildman–Crippen MR) is 170 cm³/mol. The summed E-state index contributed by atoms with van der Waals surface area (Å²) in [6.45, 7) is 15.7. The predicted octanol–water partition coefficient (Wildman–Crippen LogP) is 7.04. The molecule has 0 saturated carbocycles. The largest absolute Gasteiger partial charge is 0.361 e. The van der Waals surface area contributed by atoms with Crippen LogP contribution in [0.15, 0.2) is 24.4 Å². The number of piperidine rings is 1. The average Bonchev–Trinajstić information content (AvgIpc) is 3.47. The first-order chi connectivity index (χ1) is 20.0. The van der Waals surface area contributed by atoms with Crippen molar-refractivity contribution < 1.29 is 9.53 Å². The maximum atomic E-state index is 13.6. The molecule has 2 aromatic rings. The monoisotopic (exact) mass is 588 g/mol. The van der Waals surface area contributed by atoms with E-state index in [4.69, 9.17) is 9.72 Å². The highest BCUT2D eigenvalue weighted by Gasteiger charge is 2.40. The minimum absolute atomic E-state index is 0.178. The van der Waals surface area contributed by atoms with Crippen LogP contribution in [-0.2, 0) is 11.5 Å². The summed E-state index contributed by atoms with van der Waals surface area (Å²) in [4.78, 5) is 25.9. The summed E-state index contributed by atoms with van der Waals surface area (Å²) >= 11 is 0. The summed E-state index contributed by atoms with van der Waals surface area (Å²) in [7, 11) is -1.24. The second-order valence-electron chi connectivity index (χ2n) is 14.4. The Bertz CT molecular complexity index is 1350. The van der Waals surface area contributed by atoms with E-state index in [0.717, 1.165) is 56.1 Å². The highest BCUT2D eigenvalue weighted by atomic mass is 28.3. The van der Waals surface area contributed by atoms with E-state index in [0.29, 0.717) is 30.3 Å². The number of carbonyl (C=O) groups is 1. The molecule has 2 bridgehead atoms. The van der Waals surface area contributed by atoms with Gasteiger partial charge in [0.25, 0.3) is 5.91 Å². The van der Waals surface area contributed by atoms with Gasteiger partial charge in [0, 0.05) is 44.6 Å². The third-order valence-electron chi connectivity index (χ3n) is 9.43. The molecule has 1 N–H and O–H groups in total. The van der Waals surface area contributed by atoms with Crippen molar-refractivity contribution in [3.05, 3.63) is 47.3 Å². The smallest absolute Gasteiger partial charge is 0.291 e. The first kappa shape index (κ1) is 30.6. The lowest BCUT2D eigenvalue weighted by Gasteiger charge is -2.38. The molecule has 0 aromatic carbocycles. The number of nitrogens with zero attached hydrogens (tertiary/aromatic N) is 5. The van der Waals surface area contributed by atoms with Crippen molar-refractivity contribution in [3.63, 3.8) is 0 Å². The highest BCUT2D eigenvalue weighted by Crippen LogP contribution is 2.44. The van der Waals surface area contributed by atoms with Crippen LogP contribution in [0.1, 0.15) is 99.3 Å². The Balaban J connectivity index is 1.39. The maximum absolute atomic E-state index is 13.6. The topological polar surface area (TPSA) is 96.1 Å². The van der Waals surface area contributed by atoms with Crippen molar-refractivity contribution in [3.8, 4) is 6.07 Å². The number of pyridine rings is 1. The number of hydrogen-bond donors (Lipinski definition) is 1. The van der Waals surface area contributed by atoms with Crippen molar-refractivity contribution in [2.24, 2.45) is 5.41 Å². The van der Waals surface area contributed by atoms with Crippen LogP contribution in [0.3, 0.4) is 0 Å². The average molecular weight is 589 g/mol. The van der Waals surface area contributed by atoms with Gasteiger partial charge in [-0.25, -0.2) is 4.98 Å². The summed E-state index contributed by atoms with van der Waals surface area (Å²) < 4.78 is 7.54. The van der Waals surface area contributed by atoms with Crippen molar-refractivity contribution >= 4 is 25.2 Å². The zero-order valence-corrected chi connectivity index (χ0v) is 27.4. The molecule has 2 aliphatic heterocycles. The molecule has 2 fully saturated rings. The number of aromatic nitrogens is 3. The van der Waals surface area contributed by atoms with Gasteiger partial charge < -0.3 is 14.6 Å². The molecular formula is C33H48N6O2Si. The van der Waals surface area contributed by atoms with Crippen LogP contribution in [0.25, 0.3) is 5.57 Å². The molecule has 1 aliphatic carbocycles. The van der Waals surface area contributed by atoms with E-state index in [9.17, 15) is 10.1 Å². The minimum atomic E-state index is -1.24. The van der Waals surface area contributed by atoms with Gasteiger partial charge in [0.05, 0.1) is 11.4 Å². The molecule has 226 valence electrons. The van der Waals surface area contributed by atoms with Crippen molar-refractivity contribution in [2.45, 2.75) is 116 Å². The van der Waals surface area contributed by atoms with Crippen LogP contribution in [0, 0.1) is 16.7 Å². The van der Waals surface area contributed by atoms with Crippen molar-refractivity contribution in [1.29, 1.82) is 5.26 Å². The number of allylic oxidation sites excluding steroid dienone is 2. The zero-order chi connectivity index (χ0) is 30.1. The minimum Gasteiger partial charge on any atom is -0.361 e. The molecule has 2 saturated heterocycles. The normalized spacial score (nSPS) is 23.8. The van der Waals surface area contributed by atoms with Gasteiger partial charge in [0.2, 0.25) is 5.82 Å². The third-order valence-corrected chi connectivity index (χ3v) is 11.1. The van der Waals surface area contributed by atoms with Crippen LogP contribution in [-0.4, -0.2) is 58.7 Å². The quantitative estimate of drug-likeness (QED) is 0.236. The number of nitriles is 1. The Labute approximate surface area is 252 Å². The molecule has 1 amide bonds. The highest BCUT2D eigenvalue weighted by molar-refractivity contribution is 6.76. The number of ether oxygens (including phenoxy) is 1. The van der Waals surface area contributed by atoms with E-state index in [2.05, 4.69) is 73.8 Å². The Hall–Kier alpha value is -2.80. The van der Waals surface area contributed by atoms with Gasteiger partial charge >= 0.3 is 0 Å². The molecule has 2 aromatic heterocycles. The van der Waals surface area contributed by atoms with Gasteiger partial charge in [-0.2, -0.15) is 5.26 Å². The second-order valence-corrected chi connectivity index (χ2v) is 20.1. The number of rotatable bonds is 10. The van der Waals surface area contributed by atoms with Gasteiger partial charge in [-0.05, 0) is 80.7 Å². The van der Waals surface area contributed by atoms with Gasteiger partial charge in [-0.15, -0.1) is 0 Å². The molecule has 9 heteroatoms. The Kier molecular flexibility index (Phi) is 9.07. The summed E-state index contributed by atoms with van der Waals surface area (Å²) in [5, 5.41) is 12.6. The summed E-state index contributed by atoms with van der Waals surface area (Å²) in [5.74, 6) is 0.267. The molecule has 2 atom stereocenters. The molecular weight excluding hydrogens is 540 g/mol. The number of carbonyl (C=O) groups excluding carboxylic acids is 1. The number of nitrogens with one attached hydrogen (secondary N) is 1. The van der Waals surface area contributed by atoms with Crippen LogP contribution in [0.4, 0.5) is 5.69 Å². The molecule has 0 radical (unpaired) electrons. The summed E-state index contributed by atoms with van der Waals surface area (Å²) in [6.07, 6.45) is 11.8. The fourth-order valence-corrected chi connectivity index (χ4v) is 7.60. The molecule has 42 heavy (non-hydrogen) atoms. The third kappa shape index (κ3) is 7.04. The van der Waals surface area contributed by atoms with Crippen molar-refractivity contribution in [1.82, 2.24) is 19.4 Å². The standard InChI is InChI=1S/C33H48N6O2Si/c1-7-39-26-8-9-27(39)19-24(18-26)28-10-11-29(30(36-28)23-12-14-33(2,3)15-13-23)37-32(40)31-35-25(20-34)21-38(31)22-41-16-17-42(4,5)6/h10-12,21,24,26-27H,7-9,13-19,22H2,1-6H3,(H,37,40). The number of anilines is 1. The number of imidazole rings is 1. The van der Waals surface area contributed by atoms with Gasteiger partial charge in [0.1, 0.15) is 12.8 Å². The van der Waals surface area contributed by atoms with E-state index in [-0.39, 0.29) is 29.6 Å². The SMILES string of the molecule is CCN1C2CCC1CC(c1ccc(NC(=O)c3nc(C#N)cn3COCC[Si](C)(C)C)c(C3=CCC(C)(C)CC3)n1)C2. The number of fused-ring (bicyclic) bond motifs is 2. The van der Waals surface area contributed by atoms with E-state index in [1.807, 2.05) is 6.07 Å². The number of hydrogen-bond acceptors (Lipinski definition) is 6. The summed E-state index contributed by atoms with van der Waals surface area (Å²) in [6, 6.07) is 8.55. The molecule has 4 heterocycles. The van der Waals surface area contributed by atoms with Crippen LogP contribution in [0.2, 0.25) is 25.7 Å². The molecule has 3 aliphatic rings. The molecule has 0 spiro atoms. The molecule has 2 unspecified atom stereocenters. The van der Waals surface area contributed by atoms with Crippen LogP contribution in [0.5, 0.6) is 0 Å². The van der Waals surface area contributed by atoms with E-state index >= 15 is 0 Å². The van der Waals surface area contributed by atoms with Crippen molar-refractivity contribution in [2.75, 3.05) is 18.5 Å². The van der Waals surface area contributed by atoms with Crippen LogP contribution >= 0.6 is 0 Å². The van der Waals surface area contributed by atoms with E-state index < -0.39 is 8.07 Å². The van der Waals surface area contributed by atoms with E-state index in [1.165, 1.54) is 18.4 Å². The van der Waals surface area contributed by atoms with Gasteiger partial charge in [-0.1, -0.05) is 46.5 Å². The Morgan fingerprint density at radius 3 is 2.55 bits per heavy atom. The zero-order valence-electron chi connectivity index (χ0n) is 26.4. The molecule has 5 rings (SSSR count). The van der Waals surface area contributed by atoms with Gasteiger partial charge in [0.15, 0.2) is 5.69 Å². The Morgan fingerprint density at radius 1 is 1.19 bits per heavy atom. The first-order valence-electron chi connectivity index (χ1n) is 15.8. The van der Waals surface area contributed by atoms with Gasteiger partial charge in [-0.3, -0.25) is 14.7 Å². The fraction of sp³-hybridized carbons (Fsp3) is 0.636. The first-order valence-corrected chi connectivity index (χ1v) is 19.5. The second kappa shape index (κ2) is 12.4. The summed E-state index contributed by atoms with van der Waals surface area (Å²) in [5.41, 5.74) is 4.41. The fourth-order valence-electron chi connectivity index (χ4n) is 6.84. The Morgan fingerprint density at radius 2 is 1.93 bits per heavy atom. The lowest BCUT2D eigenvalue weighted by atomic mass is 9.77. The molecule has 8 nitrogen and oxygen atoms in total. The van der Waals surface area contributed by atoms with E-state index in [1.54, 1.807) is 10.8 Å². The number of amides is 1. The lowest BCUT2D eigenvalue weighted by Crippen LogP contribution is -2.42. The lowest BCUT2D eigenvalue weighted by molar-refractivity contribution is 0.0808.